The van der Waals surface area contributed by atoms with Gasteiger partial charge in [-0.15, -0.1) is 0 Å². The van der Waals surface area contributed by atoms with Gasteiger partial charge in [0, 0.05) is 26.2 Å². The largest absolute Gasteiger partial charge is 0.389 e. The third kappa shape index (κ3) is 3.72. The number of benzene rings is 2. The van der Waals surface area contributed by atoms with Crippen LogP contribution in [0.25, 0.3) is 10.8 Å². The van der Waals surface area contributed by atoms with Gasteiger partial charge in [-0.05, 0) is 36.2 Å². The number of nitrogens with zero attached hydrogens (tertiary/aromatic N) is 2. The first kappa shape index (κ1) is 18.4. The molecule has 2 aromatic rings. The van der Waals surface area contributed by atoms with Gasteiger partial charge in [-0.2, -0.15) is 0 Å². The maximum absolute atomic E-state index is 13.5. The van der Waals surface area contributed by atoms with Gasteiger partial charge in [0.25, 0.3) is 0 Å². The number of piperidine rings is 1. The molecule has 0 aliphatic carbocycles. The van der Waals surface area contributed by atoms with Crippen LogP contribution in [0, 0.1) is 0 Å². The molecular formula is C22H28N2O3. The Morgan fingerprint density at radius 1 is 1.04 bits per heavy atom. The first-order chi connectivity index (χ1) is 13.1. The van der Waals surface area contributed by atoms with Crippen molar-refractivity contribution in [3.05, 3.63) is 48.0 Å². The van der Waals surface area contributed by atoms with Crippen molar-refractivity contribution in [3.8, 4) is 0 Å². The molecule has 4 rings (SSSR count). The number of carbonyl (C=O) groups excluding carboxylic acids is 1. The van der Waals surface area contributed by atoms with Crippen molar-refractivity contribution in [1.29, 1.82) is 0 Å². The van der Waals surface area contributed by atoms with Crippen molar-refractivity contribution in [1.82, 2.24) is 9.80 Å². The average molecular weight is 368 g/mol. The molecule has 0 saturated carbocycles. The van der Waals surface area contributed by atoms with E-state index in [0.29, 0.717) is 39.1 Å². The van der Waals surface area contributed by atoms with E-state index in [9.17, 15) is 9.90 Å². The highest BCUT2D eigenvalue weighted by Gasteiger charge is 2.45. The van der Waals surface area contributed by atoms with Gasteiger partial charge in [0.2, 0.25) is 5.91 Å². The van der Waals surface area contributed by atoms with Gasteiger partial charge < -0.3 is 19.6 Å². The molecule has 1 unspecified atom stereocenters. The number of morpholine rings is 1. The standard InChI is InChI=1S/C22H28N2O3/c1-23-10-8-22(26,9-11-23)20(21(25)24-12-14-27-15-13-24)19-7-6-17-4-2-3-5-18(17)16-19/h2-7,16,20,26H,8-15H2,1H3. The topological polar surface area (TPSA) is 53.0 Å². The molecule has 144 valence electrons. The fourth-order valence-electron chi connectivity index (χ4n) is 4.33. The summed E-state index contributed by atoms with van der Waals surface area (Å²) in [6.07, 6.45) is 1.22. The molecule has 2 fully saturated rings. The number of hydrogen-bond acceptors (Lipinski definition) is 4. The van der Waals surface area contributed by atoms with Crippen LogP contribution in [0.1, 0.15) is 24.3 Å². The fourth-order valence-corrected chi connectivity index (χ4v) is 4.33. The molecular weight excluding hydrogens is 340 g/mol. The van der Waals surface area contributed by atoms with Crippen molar-refractivity contribution in [2.24, 2.45) is 0 Å². The van der Waals surface area contributed by atoms with Crippen LogP contribution in [0.2, 0.25) is 0 Å². The highest BCUT2D eigenvalue weighted by Crippen LogP contribution is 2.39. The van der Waals surface area contributed by atoms with Gasteiger partial charge >= 0.3 is 0 Å². The normalized spacial score (nSPS) is 21.9. The Labute approximate surface area is 160 Å². The zero-order valence-corrected chi connectivity index (χ0v) is 15.9. The van der Waals surface area contributed by atoms with Gasteiger partial charge in [0.1, 0.15) is 0 Å². The zero-order chi connectivity index (χ0) is 18.9. The summed E-state index contributed by atoms with van der Waals surface area (Å²) in [5.74, 6) is -0.505. The minimum atomic E-state index is -1.01. The number of rotatable bonds is 3. The monoisotopic (exact) mass is 368 g/mol. The minimum absolute atomic E-state index is 0.0284. The van der Waals surface area contributed by atoms with E-state index in [1.165, 1.54) is 0 Å². The number of fused-ring (bicyclic) bond motifs is 1. The molecule has 5 heteroatoms. The maximum Gasteiger partial charge on any atom is 0.233 e. The van der Waals surface area contributed by atoms with Gasteiger partial charge in [-0.25, -0.2) is 0 Å². The van der Waals surface area contributed by atoms with E-state index in [1.54, 1.807) is 0 Å². The molecule has 0 spiro atoms. The molecule has 27 heavy (non-hydrogen) atoms. The minimum Gasteiger partial charge on any atom is -0.389 e. The van der Waals surface area contributed by atoms with Crippen LogP contribution >= 0.6 is 0 Å². The summed E-state index contributed by atoms with van der Waals surface area (Å²) < 4.78 is 5.41. The predicted molar refractivity (Wildman–Crippen MR) is 106 cm³/mol. The molecule has 1 N–H and O–H groups in total. The summed E-state index contributed by atoms with van der Waals surface area (Å²) in [5, 5.41) is 13.8. The van der Waals surface area contributed by atoms with Crippen LogP contribution in [-0.2, 0) is 9.53 Å². The number of carbonyl (C=O) groups is 1. The highest BCUT2D eigenvalue weighted by molar-refractivity contribution is 5.89. The summed E-state index contributed by atoms with van der Waals surface area (Å²) in [7, 11) is 2.06. The second-order valence-corrected chi connectivity index (χ2v) is 7.88. The van der Waals surface area contributed by atoms with E-state index >= 15 is 0 Å². The summed E-state index contributed by atoms with van der Waals surface area (Å²) in [6.45, 7) is 3.93. The molecule has 5 nitrogen and oxygen atoms in total. The first-order valence-electron chi connectivity index (χ1n) is 9.83. The molecule has 0 aromatic heterocycles. The van der Waals surface area contributed by atoms with E-state index in [1.807, 2.05) is 23.1 Å². The van der Waals surface area contributed by atoms with Gasteiger partial charge in [-0.3, -0.25) is 4.79 Å². The quantitative estimate of drug-likeness (QED) is 0.903. The van der Waals surface area contributed by atoms with E-state index in [2.05, 4.69) is 36.2 Å². The van der Waals surface area contributed by atoms with Gasteiger partial charge in [0.15, 0.2) is 0 Å². The zero-order valence-electron chi connectivity index (χ0n) is 15.9. The van der Waals surface area contributed by atoms with E-state index < -0.39 is 11.5 Å². The Bertz CT molecular complexity index is 808. The Hall–Kier alpha value is -1.95. The van der Waals surface area contributed by atoms with E-state index in [4.69, 9.17) is 4.74 Å². The molecule has 0 bridgehead atoms. The van der Waals surface area contributed by atoms with Crippen LogP contribution in [0.5, 0.6) is 0 Å². The summed E-state index contributed by atoms with van der Waals surface area (Å²) in [4.78, 5) is 17.6. The third-order valence-electron chi connectivity index (χ3n) is 6.07. The maximum atomic E-state index is 13.5. The Balaban J connectivity index is 1.73. The first-order valence-corrected chi connectivity index (χ1v) is 9.83. The highest BCUT2D eigenvalue weighted by atomic mass is 16.5. The molecule has 2 saturated heterocycles. The summed E-state index contributed by atoms with van der Waals surface area (Å²) >= 11 is 0. The Morgan fingerprint density at radius 2 is 1.70 bits per heavy atom. The number of likely N-dealkylation sites (tertiary alicyclic amines) is 1. The third-order valence-corrected chi connectivity index (χ3v) is 6.07. The number of amides is 1. The number of ether oxygens (including phenoxy) is 1. The smallest absolute Gasteiger partial charge is 0.233 e. The average Bonchev–Trinajstić information content (AvgIpc) is 2.71. The van der Waals surface area contributed by atoms with Gasteiger partial charge in [0.05, 0.1) is 24.7 Å². The molecule has 2 aliphatic heterocycles. The lowest BCUT2D eigenvalue weighted by molar-refractivity contribution is -0.146. The van der Waals surface area contributed by atoms with Crippen molar-refractivity contribution in [2.75, 3.05) is 46.4 Å². The predicted octanol–water partition coefficient (Wildman–Crippen LogP) is 2.24. The molecule has 2 aromatic carbocycles. The van der Waals surface area contributed by atoms with Gasteiger partial charge in [-0.1, -0.05) is 42.5 Å². The van der Waals surface area contributed by atoms with Crippen molar-refractivity contribution >= 4 is 16.7 Å². The number of hydrogen-bond donors (Lipinski definition) is 1. The fraction of sp³-hybridized carbons (Fsp3) is 0.500. The Morgan fingerprint density at radius 3 is 2.41 bits per heavy atom. The van der Waals surface area contributed by atoms with Crippen molar-refractivity contribution in [2.45, 2.75) is 24.4 Å². The van der Waals surface area contributed by atoms with Crippen molar-refractivity contribution in [3.63, 3.8) is 0 Å². The van der Waals surface area contributed by atoms with Crippen LogP contribution < -0.4 is 0 Å². The van der Waals surface area contributed by atoms with E-state index in [0.717, 1.165) is 29.4 Å². The molecule has 1 atom stereocenters. The lowest BCUT2D eigenvalue weighted by atomic mass is 9.74. The lowest BCUT2D eigenvalue weighted by Crippen LogP contribution is -2.53. The molecule has 2 aliphatic rings. The van der Waals surface area contributed by atoms with Crippen LogP contribution in [0.15, 0.2) is 42.5 Å². The molecule has 1 amide bonds. The van der Waals surface area contributed by atoms with Crippen LogP contribution in [0.3, 0.4) is 0 Å². The van der Waals surface area contributed by atoms with Crippen LogP contribution in [-0.4, -0.2) is 72.9 Å². The summed E-state index contributed by atoms with van der Waals surface area (Å²) in [6, 6.07) is 14.3. The second-order valence-electron chi connectivity index (χ2n) is 7.88. The molecule has 0 radical (unpaired) electrons. The van der Waals surface area contributed by atoms with Crippen LogP contribution in [0.4, 0.5) is 0 Å². The SMILES string of the molecule is CN1CCC(O)(C(C(=O)N2CCOCC2)c2ccc3ccccc3c2)CC1. The molecule has 2 heterocycles. The lowest BCUT2D eigenvalue weighted by Gasteiger charge is -2.43. The van der Waals surface area contributed by atoms with Crippen molar-refractivity contribution < 1.29 is 14.6 Å². The Kier molecular flexibility index (Phi) is 5.17. The van der Waals surface area contributed by atoms with E-state index in [-0.39, 0.29) is 5.91 Å². The summed E-state index contributed by atoms with van der Waals surface area (Å²) in [5.41, 5.74) is -0.0955. The second kappa shape index (κ2) is 7.58. The number of aliphatic hydroxyl groups is 1.